The molecule has 3 aliphatic rings. The van der Waals surface area contributed by atoms with E-state index in [4.69, 9.17) is 15.8 Å². The van der Waals surface area contributed by atoms with Crippen LogP contribution in [0.15, 0.2) is 52.5 Å². The van der Waals surface area contributed by atoms with E-state index >= 15 is 0 Å². The number of guanidine groups is 1. The number of rotatable bonds is 9. The lowest BCUT2D eigenvalue weighted by Crippen LogP contribution is -2.48. The van der Waals surface area contributed by atoms with E-state index in [9.17, 15) is 23.8 Å². The Balaban J connectivity index is 1.53. The number of carbonyl (C=O) groups excluding carboxylic acids is 1. The van der Waals surface area contributed by atoms with Gasteiger partial charge in [0, 0.05) is 36.8 Å². The number of benzene rings is 1. The normalized spacial score (nSPS) is 27.4. The lowest BCUT2D eigenvalue weighted by molar-refractivity contribution is -0.126. The first-order valence-electron chi connectivity index (χ1n) is 14.0. The van der Waals surface area contributed by atoms with Crippen molar-refractivity contribution in [3.8, 4) is 0 Å². The second kappa shape index (κ2) is 13.9. The van der Waals surface area contributed by atoms with Gasteiger partial charge < -0.3 is 37.0 Å². The Labute approximate surface area is 237 Å². The van der Waals surface area contributed by atoms with Crippen molar-refractivity contribution in [1.82, 2.24) is 15.5 Å². The molecule has 2 saturated carbocycles. The molecule has 0 spiro atoms. The number of carbonyl (C=O) groups is 1. The molecule has 1 amide bonds. The molecule has 41 heavy (non-hydrogen) atoms. The van der Waals surface area contributed by atoms with Gasteiger partial charge >= 0.3 is 0 Å². The summed E-state index contributed by atoms with van der Waals surface area (Å²) in [4.78, 5) is 23.7. The molecule has 0 aromatic heterocycles. The van der Waals surface area contributed by atoms with Crippen molar-refractivity contribution in [2.45, 2.75) is 75.7 Å². The molecule has 13 heteroatoms. The molecule has 224 valence electrons. The second-order valence-corrected chi connectivity index (χ2v) is 10.7. The number of aliphatic imine (C=N–C) groups is 2. The molecule has 1 heterocycles. The van der Waals surface area contributed by atoms with E-state index < -0.39 is 24.3 Å². The number of amides is 1. The van der Waals surface area contributed by atoms with Crippen LogP contribution in [0.5, 0.6) is 0 Å². The topological polar surface area (TPSA) is 168 Å². The van der Waals surface area contributed by atoms with Gasteiger partial charge in [0.25, 0.3) is 0 Å². The maximum atomic E-state index is 14.6. The van der Waals surface area contributed by atoms with Crippen LogP contribution in [0.1, 0.15) is 51.4 Å². The van der Waals surface area contributed by atoms with Crippen LogP contribution in [-0.4, -0.2) is 75.4 Å². The Kier molecular flexibility index (Phi) is 10.3. The van der Waals surface area contributed by atoms with Crippen LogP contribution in [0.3, 0.4) is 0 Å². The van der Waals surface area contributed by atoms with E-state index in [0.717, 1.165) is 25.0 Å². The van der Waals surface area contributed by atoms with Crippen LogP contribution < -0.4 is 21.7 Å². The molecule has 0 radical (unpaired) electrons. The van der Waals surface area contributed by atoms with Gasteiger partial charge in [-0.05, 0) is 63.5 Å². The third kappa shape index (κ3) is 7.80. The van der Waals surface area contributed by atoms with Crippen LogP contribution in [0, 0.1) is 17.6 Å². The van der Waals surface area contributed by atoms with E-state index in [0.29, 0.717) is 55.9 Å². The van der Waals surface area contributed by atoms with E-state index in [2.05, 4.69) is 27.5 Å². The molecule has 2 aliphatic carbocycles. The number of nitrogens with two attached hydrogens (primary N) is 1. The summed E-state index contributed by atoms with van der Waals surface area (Å²) in [5.41, 5.74) is 6.30. The van der Waals surface area contributed by atoms with Crippen molar-refractivity contribution in [1.29, 1.82) is 0 Å². The summed E-state index contributed by atoms with van der Waals surface area (Å²) >= 11 is 0. The van der Waals surface area contributed by atoms with Gasteiger partial charge in [0.15, 0.2) is 5.84 Å². The second-order valence-electron chi connectivity index (χ2n) is 10.7. The fraction of sp³-hybridized carbons (Fsp3) is 0.536. The predicted molar refractivity (Wildman–Crippen MR) is 151 cm³/mol. The van der Waals surface area contributed by atoms with E-state index in [1.165, 1.54) is 12.3 Å². The number of nitrogens with zero attached hydrogens (tertiary/aromatic N) is 3. The maximum Gasteiger partial charge on any atom is 0.223 e. The summed E-state index contributed by atoms with van der Waals surface area (Å²) in [6.45, 7) is 3.61. The SMILES string of the molecule is C=C(/N=C1\C(=C/N)N=C(Nc2ccc(F)cc2F)N1[C@H]1CC[C@@H](C(=O)NC[C@@H](O)CO)CC1)N[C@H]1CC[C@H](O)CC1. The minimum absolute atomic E-state index is 0.0259. The third-order valence-electron chi connectivity index (χ3n) is 7.71. The molecule has 1 aliphatic heterocycles. The lowest BCUT2D eigenvalue weighted by Gasteiger charge is -2.36. The Morgan fingerprint density at radius 2 is 1.90 bits per heavy atom. The number of aliphatic hydroxyl groups is 3. The Morgan fingerprint density at radius 3 is 2.54 bits per heavy atom. The van der Waals surface area contributed by atoms with Gasteiger partial charge in [-0.15, -0.1) is 0 Å². The van der Waals surface area contributed by atoms with Gasteiger partial charge in [0.2, 0.25) is 11.9 Å². The van der Waals surface area contributed by atoms with Crippen molar-refractivity contribution < 1.29 is 28.9 Å². The number of hydrogen-bond acceptors (Lipinski definition) is 9. The highest BCUT2D eigenvalue weighted by atomic mass is 19.1. The summed E-state index contributed by atoms with van der Waals surface area (Å²) in [6, 6.07) is 3.14. The zero-order valence-electron chi connectivity index (χ0n) is 22.9. The van der Waals surface area contributed by atoms with Gasteiger partial charge in [0.1, 0.15) is 23.2 Å². The molecule has 4 rings (SSSR count). The van der Waals surface area contributed by atoms with Crippen molar-refractivity contribution in [3.05, 3.63) is 54.1 Å². The van der Waals surface area contributed by atoms with Crippen molar-refractivity contribution in [3.63, 3.8) is 0 Å². The summed E-state index contributed by atoms with van der Waals surface area (Å²) in [7, 11) is 0. The van der Waals surface area contributed by atoms with E-state index in [-0.39, 0.29) is 48.2 Å². The summed E-state index contributed by atoms with van der Waals surface area (Å²) < 4.78 is 28.1. The molecular weight excluding hydrogens is 536 g/mol. The predicted octanol–water partition coefficient (Wildman–Crippen LogP) is 1.64. The van der Waals surface area contributed by atoms with Crippen LogP contribution in [0.25, 0.3) is 0 Å². The average molecular weight is 576 g/mol. The minimum Gasteiger partial charge on any atom is -0.403 e. The van der Waals surface area contributed by atoms with Gasteiger partial charge in [-0.1, -0.05) is 6.58 Å². The minimum atomic E-state index is -1.02. The number of aliphatic hydroxyl groups excluding tert-OH is 3. The standard InChI is InChI=1S/C28H39F2N7O4/c1-16(33-19-5-9-21(39)10-6-19)34-26-25(13-31)36-28(35-24-11-4-18(29)12-23(24)30)37(26)20-7-2-17(3-8-20)27(41)32-14-22(40)15-38/h4,11-13,17,19-22,33,38-40H,1-3,5-10,14-15,31H2,(H,32,41)(H,35,36)/b25-13+,34-26+/t17-,19-,20+,21-,22-/m1/s1. The molecule has 2 fully saturated rings. The smallest absolute Gasteiger partial charge is 0.223 e. The number of amidine groups is 1. The van der Waals surface area contributed by atoms with Gasteiger partial charge in [0.05, 0.1) is 24.5 Å². The first kappa shape index (κ1) is 30.4. The Morgan fingerprint density at radius 1 is 1.20 bits per heavy atom. The van der Waals surface area contributed by atoms with Crippen LogP contribution in [0.2, 0.25) is 0 Å². The van der Waals surface area contributed by atoms with Gasteiger partial charge in [-0.25, -0.2) is 18.8 Å². The zero-order valence-corrected chi connectivity index (χ0v) is 22.9. The highest BCUT2D eigenvalue weighted by Gasteiger charge is 2.38. The van der Waals surface area contributed by atoms with Crippen LogP contribution in [-0.2, 0) is 4.79 Å². The third-order valence-corrected chi connectivity index (χ3v) is 7.71. The fourth-order valence-electron chi connectivity index (χ4n) is 5.45. The van der Waals surface area contributed by atoms with Crippen LogP contribution in [0.4, 0.5) is 14.5 Å². The highest BCUT2D eigenvalue weighted by molar-refractivity contribution is 6.18. The maximum absolute atomic E-state index is 14.6. The summed E-state index contributed by atoms with van der Waals surface area (Å²) in [6.07, 6.45) is 5.17. The van der Waals surface area contributed by atoms with Crippen molar-refractivity contribution in [2.24, 2.45) is 21.6 Å². The number of hydrogen-bond donors (Lipinski definition) is 7. The van der Waals surface area contributed by atoms with Crippen LogP contribution >= 0.6 is 0 Å². The molecule has 0 bridgehead atoms. The molecular formula is C28H39F2N7O4. The first-order chi connectivity index (χ1) is 19.7. The van der Waals surface area contributed by atoms with Gasteiger partial charge in [-0.2, -0.15) is 0 Å². The first-order valence-corrected chi connectivity index (χ1v) is 14.0. The Hall–Kier alpha value is -3.55. The van der Waals surface area contributed by atoms with Gasteiger partial charge in [-0.3, -0.25) is 9.69 Å². The van der Waals surface area contributed by atoms with E-state index in [1.807, 2.05) is 4.90 Å². The monoisotopic (exact) mass is 575 g/mol. The van der Waals surface area contributed by atoms with Crippen molar-refractivity contribution in [2.75, 3.05) is 18.5 Å². The molecule has 0 saturated heterocycles. The molecule has 1 aromatic carbocycles. The average Bonchev–Trinajstić information content (AvgIpc) is 3.30. The molecule has 0 unspecified atom stereocenters. The molecule has 11 nitrogen and oxygen atoms in total. The van der Waals surface area contributed by atoms with Crippen molar-refractivity contribution >= 4 is 23.4 Å². The number of halogens is 2. The number of anilines is 1. The summed E-state index contributed by atoms with van der Waals surface area (Å²) in [5.74, 6) is -0.889. The molecule has 1 atom stereocenters. The quantitative estimate of drug-likeness (QED) is 0.233. The zero-order chi connectivity index (χ0) is 29.5. The lowest BCUT2D eigenvalue weighted by atomic mass is 9.84. The fourth-order valence-corrected chi connectivity index (χ4v) is 5.45. The molecule has 8 N–H and O–H groups in total. The molecule has 1 aromatic rings. The number of nitrogens with one attached hydrogen (secondary N) is 3. The largest absolute Gasteiger partial charge is 0.403 e. The summed E-state index contributed by atoms with van der Waals surface area (Å²) in [5, 5.41) is 37.3. The Bertz CT molecular complexity index is 1190. The van der Waals surface area contributed by atoms with E-state index in [1.54, 1.807) is 0 Å². The highest BCUT2D eigenvalue weighted by Crippen LogP contribution is 2.32.